The molecule has 4 nitrogen and oxygen atoms in total. The lowest BCUT2D eigenvalue weighted by Gasteiger charge is -2.32. The highest BCUT2D eigenvalue weighted by Crippen LogP contribution is 2.14. The number of nitrogens with zero attached hydrogens (tertiary/aromatic N) is 1. The summed E-state index contributed by atoms with van der Waals surface area (Å²) in [5.74, 6) is 0.0238. The number of hydrogen-bond donors (Lipinski definition) is 1. The number of ether oxygens (including phenoxy) is 1. The second-order valence-corrected chi connectivity index (χ2v) is 5.09. The van der Waals surface area contributed by atoms with Crippen molar-refractivity contribution in [2.75, 3.05) is 20.3 Å². The highest BCUT2D eigenvalue weighted by molar-refractivity contribution is 5.82. The van der Waals surface area contributed by atoms with Gasteiger partial charge >= 0.3 is 0 Å². The van der Waals surface area contributed by atoms with Crippen LogP contribution in [0, 0.1) is 0 Å². The minimum atomic E-state index is -0.463. The molecule has 1 saturated heterocycles. The number of rotatable bonds is 4. The van der Waals surface area contributed by atoms with Gasteiger partial charge in [-0.15, -0.1) is 0 Å². The highest BCUT2D eigenvalue weighted by Gasteiger charge is 2.26. The summed E-state index contributed by atoms with van der Waals surface area (Å²) in [7, 11) is 1.85. The summed E-state index contributed by atoms with van der Waals surface area (Å²) >= 11 is 0. The van der Waals surface area contributed by atoms with E-state index in [4.69, 9.17) is 10.5 Å². The molecule has 19 heavy (non-hydrogen) atoms. The average molecular weight is 262 g/mol. The zero-order chi connectivity index (χ0) is 13.7. The topological polar surface area (TPSA) is 55.6 Å². The number of carbonyl (C=O) groups is 1. The van der Waals surface area contributed by atoms with Crippen molar-refractivity contribution in [1.29, 1.82) is 0 Å². The van der Waals surface area contributed by atoms with E-state index in [1.54, 1.807) is 4.90 Å². The van der Waals surface area contributed by atoms with E-state index in [2.05, 4.69) is 0 Å². The van der Waals surface area contributed by atoms with Crippen LogP contribution < -0.4 is 5.73 Å². The molecule has 1 aromatic rings. The number of benzene rings is 1. The van der Waals surface area contributed by atoms with E-state index >= 15 is 0 Å². The van der Waals surface area contributed by atoms with Crippen LogP contribution in [0.25, 0.3) is 0 Å². The largest absolute Gasteiger partial charge is 0.381 e. The van der Waals surface area contributed by atoms with Crippen LogP contribution in [0.5, 0.6) is 0 Å². The van der Waals surface area contributed by atoms with Crippen molar-refractivity contribution in [1.82, 2.24) is 4.90 Å². The summed E-state index contributed by atoms with van der Waals surface area (Å²) in [5, 5.41) is 0. The SMILES string of the molecule is CN(C(=O)[C@H](N)Cc1ccccc1)C1CCOCC1. The fourth-order valence-electron chi connectivity index (χ4n) is 2.47. The molecular formula is C15H22N2O2. The third kappa shape index (κ3) is 3.78. The van der Waals surface area contributed by atoms with Gasteiger partial charge in [0.05, 0.1) is 6.04 Å². The van der Waals surface area contributed by atoms with Gasteiger partial charge in [-0.2, -0.15) is 0 Å². The number of amides is 1. The maximum absolute atomic E-state index is 12.3. The highest BCUT2D eigenvalue weighted by atomic mass is 16.5. The Hall–Kier alpha value is -1.39. The Bertz CT molecular complexity index is 402. The second kappa shape index (κ2) is 6.68. The summed E-state index contributed by atoms with van der Waals surface area (Å²) in [5.41, 5.74) is 7.14. The maximum Gasteiger partial charge on any atom is 0.239 e. The van der Waals surface area contributed by atoms with Crippen LogP contribution in [0.3, 0.4) is 0 Å². The number of hydrogen-bond acceptors (Lipinski definition) is 3. The molecular weight excluding hydrogens is 240 g/mol. The Kier molecular flexibility index (Phi) is 4.93. The number of carbonyl (C=O) groups excluding carboxylic acids is 1. The van der Waals surface area contributed by atoms with Crippen LogP contribution in [0.4, 0.5) is 0 Å². The Morgan fingerprint density at radius 3 is 2.63 bits per heavy atom. The Balaban J connectivity index is 1.90. The van der Waals surface area contributed by atoms with E-state index in [0.717, 1.165) is 31.6 Å². The third-order valence-electron chi connectivity index (χ3n) is 3.70. The van der Waals surface area contributed by atoms with Gasteiger partial charge < -0.3 is 15.4 Å². The van der Waals surface area contributed by atoms with Crippen LogP contribution in [0.1, 0.15) is 18.4 Å². The molecule has 104 valence electrons. The van der Waals surface area contributed by atoms with Crippen molar-refractivity contribution in [2.45, 2.75) is 31.3 Å². The van der Waals surface area contributed by atoms with Crippen molar-refractivity contribution in [3.63, 3.8) is 0 Å². The fraction of sp³-hybridized carbons (Fsp3) is 0.533. The van der Waals surface area contributed by atoms with Crippen molar-refractivity contribution in [2.24, 2.45) is 5.73 Å². The zero-order valence-electron chi connectivity index (χ0n) is 11.4. The molecule has 0 saturated carbocycles. The van der Waals surface area contributed by atoms with Gasteiger partial charge in [0.25, 0.3) is 0 Å². The standard InChI is InChI=1S/C15H22N2O2/c1-17(13-7-9-19-10-8-13)15(18)14(16)11-12-5-3-2-4-6-12/h2-6,13-14H,7-11,16H2,1H3/t14-/m1/s1. The lowest BCUT2D eigenvalue weighted by Crippen LogP contribution is -2.49. The van der Waals surface area contributed by atoms with Crippen LogP contribution in [-0.2, 0) is 16.0 Å². The third-order valence-corrected chi connectivity index (χ3v) is 3.70. The van der Waals surface area contributed by atoms with Crippen molar-refractivity contribution in [3.8, 4) is 0 Å². The second-order valence-electron chi connectivity index (χ2n) is 5.09. The van der Waals surface area contributed by atoms with Gasteiger partial charge in [0.1, 0.15) is 0 Å². The number of likely N-dealkylation sites (N-methyl/N-ethyl adjacent to an activating group) is 1. The van der Waals surface area contributed by atoms with Gasteiger partial charge in [-0.3, -0.25) is 4.79 Å². The predicted octanol–water partition coefficient (Wildman–Crippen LogP) is 1.19. The summed E-state index contributed by atoms with van der Waals surface area (Å²) in [6.45, 7) is 1.46. The molecule has 1 aliphatic heterocycles. The normalized spacial score (nSPS) is 18.0. The molecule has 0 aliphatic carbocycles. The van der Waals surface area contributed by atoms with Crippen molar-refractivity contribution < 1.29 is 9.53 Å². The first-order valence-electron chi connectivity index (χ1n) is 6.82. The minimum Gasteiger partial charge on any atom is -0.381 e. The Labute approximate surface area is 114 Å². The molecule has 1 fully saturated rings. The first-order chi connectivity index (χ1) is 9.18. The Morgan fingerprint density at radius 1 is 1.37 bits per heavy atom. The molecule has 0 aromatic heterocycles. The first kappa shape index (κ1) is 14.0. The van der Waals surface area contributed by atoms with Gasteiger partial charge in [0.2, 0.25) is 5.91 Å². The molecule has 1 heterocycles. The predicted molar refractivity (Wildman–Crippen MR) is 74.7 cm³/mol. The van der Waals surface area contributed by atoms with Crippen molar-refractivity contribution in [3.05, 3.63) is 35.9 Å². The molecule has 0 bridgehead atoms. The van der Waals surface area contributed by atoms with Gasteiger partial charge in [-0.25, -0.2) is 0 Å². The molecule has 4 heteroatoms. The minimum absolute atomic E-state index is 0.0238. The fourth-order valence-corrected chi connectivity index (χ4v) is 2.47. The summed E-state index contributed by atoms with van der Waals surface area (Å²) < 4.78 is 5.32. The molecule has 2 rings (SSSR count). The van der Waals surface area contributed by atoms with Gasteiger partial charge in [0.15, 0.2) is 0 Å². The van der Waals surface area contributed by atoms with E-state index in [-0.39, 0.29) is 11.9 Å². The molecule has 1 aromatic carbocycles. The molecule has 1 atom stereocenters. The van der Waals surface area contributed by atoms with Crippen LogP contribution in [-0.4, -0.2) is 43.2 Å². The quantitative estimate of drug-likeness (QED) is 0.887. The summed E-state index contributed by atoms with van der Waals surface area (Å²) in [4.78, 5) is 14.1. The van der Waals surface area contributed by atoms with Crippen molar-refractivity contribution >= 4 is 5.91 Å². The maximum atomic E-state index is 12.3. The van der Waals surface area contributed by atoms with E-state index in [1.165, 1.54) is 0 Å². The molecule has 2 N–H and O–H groups in total. The molecule has 1 amide bonds. The van der Waals surface area contributed by atoms with Crippen LogP contribution in [0.2, 0.25) is 0 Å². The van der Waals surface area contributed by atoms with Crippen LogP contribution >= 0.6 is 0 Å². The average Bonchev–Trinajstić information content (AvgIpc) is 2.47. The Morgan fingerprint density at radius 2 is 2.00 bits per heavy atom. The summed E-state index contributed by atoms with van der Waals surface area (Å²) in [6.07, 6.45) is 2.40. The van der Waals surface area contributed by atoms with E-state index in [0.29, 0.717) is 6.42 Å². The number of nitrogens with two attached hydrogens (primary N) is 1. The van der Waals surface area contributed by atoms with Gasteiger partial charge in [-0.05, 0) is 24.8 Å². The zero-order valence-corrected chi connectivity index (χ0v) is 11.4. The molecule has 1 aliphatic rings. The molecule has 0 unspecified atom stereocenters. The lowest BCUT2D eigenvalue weighted by molar-refractivity contribution is -0.135. The summed E-state index contributed by atoms with van der Waals surface area (Å²) in [6, 6.07) is 9.70. The smallest absolute Gasteiger partial charge is 0.239 e. The van der Waals surface area contributed by atoms with E-state index in [1.807, 2.05) is 37.4 Å². The monoisotopic (exact) mass is 262 g/mol. The van der Waals surface area contributed by atoms with Crippen LogP contribution in [0.15, 0.2) is 30.3 Å². The molecule has 0 spiro atoms. The van der Waals surface area contributed by atoms with E-state index < -0.39 is 6.04 Å². The first-order valence-corrected chi connectivity index (χ1v) is 6.82. The van der Waals surface area contributed by atoms with E-state index in [9.17, 15) is 4.79 Å². The van der Waals surface area contributed by atoms with Gasteiger partial charge in [0, 0.05) is 26.3 Å². The van der Waals surface area contributed by atoms with Gasteiger partial charge in [-0.1, -0.05) is 30.3 Å². The molecule has 0 radical (unpaired) electrons. The lowest BCUT2D eigenvalue weighted by atomic mass is 10.0.